The van der Waals surface area contributed by atoms with Gasteiger partial charge in [0.2, 0.25) is 0 Å². The molecule has 56 valence electrons. The second kappa shape index (κ2) is 3.97. The summed E-state index contributed by atoms with van der Waals surface area (Å²) in [4.78, 5) is 0. The Labute approximate surface area is 68.6 Å². The van der Waals surface area contributed by atoms with Crippen molar-refractivity contribution < 1.29 is 0 Å². The van der Waals surface area contributed by atoms with Crippen LogP contribution in [0.5, 0.6) is 0 Å². The van der Waals surface area contributed by atoms with Gasteiger partial charge < -0.3 is 0 Å². The van der Waals surface area contributed by atoms with E-state index in [0.717, 1.165) is 6.42 Å². The summed E-state index contributed by atoms with van der Waals surface area (Å²) in [6.45, 7) is 9.32. The second-order valence-electron chi connectivity index (χ2n) is 2.59. The molecule has 0 bridgehead atoms. The van der Waals surface area contributed by atoms with E-state index < -0.39 is 0 Å². The van der Waals surface area contributed by atoms with Crippen molar-refractivity contribution in [2.75, 3.05) is 0 Å². The van der Waals surface area contributed by atoms with Crippen LogP contribution >= 0.6 is 0 Å². The summed E-state index contributed by atoms with van der Waals surface area (Å²) in [5, 5.41) is 0. The van der Waals surface area contributed by atoms with Gasteiger partial charge in [0.15, 0.2) is 0 Å². The second-order valence-corrected chi connectivity index (χ2v) is 2.59. The molecule has 0 heterocycles. The molecule has 0 saturated carbocycles. The molecule has 2 radical (unpaired) electrons. The van der Waals surface area contributed by atoms with Gasteiger partial charge in [-0.05, 0) is 24.8 Å². The summed E-state index contributed by atoms with van der Waals surface area (Å²) >= 11 is 0. The summed E-state index contributed by atoms with van der Waals surface area (Å²) in [7, 11) is 0. The van der Waals surface area contributed by atoms with E-state index in [-0.39, 0.29) is 5.92 Å². The molecule has 0 aliphatic rings. The quantitative estimate of drug-likeness (QED) is 0.572. The molecule has 0 saturated heterocycles. The number of hydrogen-bond donors (Lipinski definition) is 0. The molecule has 0 unspecified atom stereocenters. The van der Waals surface area contributed by atoms with E-state index in [4.69, 9.17) is 6.92 Å². The van der Waals surface area contributed by atoms with Crippen molar-refractivity contribution in [3.63, 3.8) is 0 Å². The Bertz CT molecular complexity index is 211. The summed E-state index contributed by atoms with van der Waals surface area (Å²) in [5.74, 6) is 0.0809. The topological polar surface area (TPSA) is 0 Å². The Hall–Kier alpha value is -1.04. The molecule has 11 heavy (non-hydrogen) atoms. The van der Waals surface area contributed by atoms with Gasteiger partial charge in [-0.15, -0.1) is 6.58 Å². The Kier molecular flexibility index (Phi) is 2.91. The molecule has 0 aliphatic heterocycles. The van der Waals surface area contributed by atoms with Crippen molar-refractivity contribution in [2.45, 2.75) is 6.42 Å². The predicted molar refractivity (Wildman–Crippen MR) is 48.1 cm³/mol. The molecule has 0 aromatic heterocycles. The molecular formula is C11H12. The molecule has 1 atom stereocenters. The highest BCUT2D eigenvalue weighted by Gasteiger charge is 1.96. The first-order valence-corrected chi connectivity index (χ1v) is 3.75. The Morgan fingerprint density at radius 1 is 1.36 bits per heavy atom. The molecule has 1 rings (SSSR count). The van der Waals surface area contributed by atoms with Crippen molar-refractivity contribution >= 4 is 0 Å². The summed E-state index contributed by atoms with van der Waals surface area (Å²) in [5.41, 5.74) is 1.26. The van der Waals surface area contributed by atoms with Crippen molar-refractivity contribution in [1.82, 2.24) is 0 Å². The van der Waals surface area contributed by atoms with Crippen LogP contribution in [0.3, 0.4) is 0 Å². The fraction of sp³-hybridized carbons (Fsp3) is 0.182. The molecule has 0 amide bonds. The lowest BCUT2D eigenvalue weighted by molar-refractivity contribution is 0.803. The van der Waals surface area contributed by atoms with E-state index in [2.05, 4.69) is 18.7 Å². The molecule has 0 fully saturated rings. The number of allylic oxidation sites excluding steroid dienone is 1. The molecule has 1 aromatic rings. The SMILES string of the molecule is [CH][C@H](C=C)Cc1ccccc1. The van der Waals surface area contributed by atoms with E-state index in [0.29, 0.717) is 0 Å². The third-order valence-electron chi connectivity index (χ3n) is 1.62. The normalized spacial score (nSPS) is 12.5. The Balaban J connectivity index is 2.57. The lowest BCUT2D eigenvalue weighted by atomic mass is 10.0. The molecule has 1 aromatic carbocycles. The van der Waals surface area contributed by atoms with Gasteiger partial charge in [0, 0.05) is 0 Å². The summed E-state index contributed by atoms with van der Waals surface area (Å²) in [6.07, 6.45) is 2.65. The van der Waals surface area contributed by atoms with Crippen LogP contribution in [0.15, 0.2) is 43.0 Å². The van der Waals surface area contributed by atoms with Crippen molar-refractivity contribution in [3.05, 3.63) is 55.5 Å². The standard InChI is InChI=1S/C11H12/c1-3-10(2)9-11-7-5-4-6-8-11/h2-8,10H,1,9H2/t10-/m1/s1. The molecule has 0 N–H and O–H groups in total. The maximum absolute atomic E-state index is 5.69. The third kappa shape index (κ3) is 2.58. The lowest BCUT2D eigenvalue weighted by Gasteiger charge is -2.03. The van der Waals surface area contributed by atoms with Crippen molar-refractivity contribution in [1.29, 1.82) is 0 Å². The molecule has 0 heteroatoms. The van der Waals surface area contributed by atoms with Crippen LogP contribution in [0.25, 0.3) is 0 Å². The molecular weight excluding hydrogens is 132 g/mol. The molecule has 0 spiro atoms. The largest absolute Gasteiger partial charge is 0.103 e. The van der Waals surface area contributed by atoms with Crippen LogP contribution in [0.4, 0.5) is 0 Å². The highest BCUT2D eigenvalue weighted by Crippen LogP contribution is 2.07. The van der Waals surface area contributed by atoms with Crippen LogP contribution in [-0.2, 0) is 6.42 Å². The van der Waals surface area contributed by atoms with E-state index in [1.165, 1.54) is 5.56 Å². The van der Waals surface area contributed by atoms with Gasteiger partial charge in [0.1, 0.15) is 0 Å². The van der Waals surface area contributed by atoms with Crippen molar-refractivity contribution in [2.24, 2.45) is 5.92 Å². The highest BCUT2D eigenvalue weighted by molar-refractivity contribution is 5.16. The van der Waals surface area contributed by atoms with Gasteiger partial charge in [0.25, 0.3) is 0 Å². The Morgan fingerprint density at radius 2 is 2.00 bits per heavy atom. The first-order chi connectivity index (χ1) is 5.33. The monoisotopic (exact) mass is 144 g/mol. The average molecular weight is 144 g/mol. The van der Waals surface area contributed by atoms with Crippen LogP contribution < -0.4 is 0 Å². The minimum absolute atomic E-state index is 0.0809. The summed E-state index contributed by atoms with van der Waals surface area (Å²) in [6, 6.07) is 10.2. The van der Waals surface area contributed by atoms with E-state index in [9.17, 15) is 0 Å². The first kappa shape index (κ1) is 8.06. The van der Waals surface area contributed by atoms with E-state index >= 15 is 0 Å². The zero-order valence-electron chi connectivity index (χ0n) is 6.53. The van der Waals surface area contributed by atoms with Gasteiger partial charge in [-0.3, -0.25) is 0 Å². The lowest BCUT2D eigenvalue weighted by Crippen LogP contribution is -1.94. The van der Waals surface area contributed by atoms with Crippen molar-refractivity contribution in [3.8, 4) is 0 Å². The van der Waals surface area contributed by atoms with E-state index in [1.807, 2.05) is 18.2 Å². The fourth-order valence-corrected chi connectivity index (χ4v) is 0.970. The van der Waals surface area contributed by atoms with Gasteiger partial charge in [-0.2, -0.15) is 0 Å². The minimum atomic E-state index is 0.0809. The third-order valence-corrected chi connectivity index (χ3v) is 1.62. The first-order valence-electron chi connectivity index (χ1n) is 3.75. The Morgan fingerprint density at radius 3 is 2.55 bits per heavy atom. The minimum Gasteiger partial charge on any atom is -0.103 e. The van der Waals surface area contributed by atoms with Gasteiger partial charge in [0.05, 0.1) is 0 Å². The predicted octanol–water partition coefficient (Wildman–Crippen LogP) is 2.74. The highest BCUT2D eigenvalue weighted by atomic mass is 14.0. The number of benzene rings is 1. The maximum atomic E-state index is 5.69. The van der Waals surface area contributed by atoms with Gasteiger partial charge in [-0.1, -0.05) is 36.4 Å². The zero-order valence-corrected chi connectivity index (χ0v) is 6.53. The van der Waals surface area contributed by atoms with Gasteiger partial charge >= 0.3 is 0 Å². The number of rotatable bonds is 3. The smallest absolute Gasteiger partial charge is 0.0161 e. The van der Waals surface area contributed by atoms with Crippen LogP contribution in [0, 0.1) is 12.8 Å². The molecule has 0 nitrogen and oxygen atoms in total. The van der Waals surface area contributed by atoms with Crippen LogP contribution in [0.1, 0.15) is 5.56 Å². The van der Waals surface area contributed by atoms with E-state index in [1.54, 1.807) is 6.08 Å². The molecule has 0 aliphatic carbocycles. The van der Waals surface area contributed by atoms with Gasteiger partial charge in [-0.25, -0.2) is 0 Å². The zero-order chi connectivity index (χ0) is 8.10. The average Bonchev–Trinajstić information content (AvgIpc) is 2.06. The fourth-order valence-electron chi connectivity index (χ4n) is 0.970. The summed E-state index contributed by atoms with van der Waals surface area (Å²) < 4.78 is 0. The van der Waals surface area contributed by atoms with Crippen LogP contribution in [0.2, 0.25) is 0 Å². The van der Waals surface area contributed by atoms with Crippen LogP contribution in [-0.4, -0.2) is 0 Å². The number of hydrogen-bond acceptors (Lipinski definition) is 0. The maximum Gasteiger partial charge on any atom is -0.0161 e.